The molecule has 0 heterocycles. The molecule has 0 aliphatic rings. The minimum Gasteiger partial charge on any atom is -0.0977 e. The molecule has 2 unspecified atom stereocenters. The van der Waals surface area contributed by atoms with Gasteiger partial charge in [-0.2, -0.15) is 0 Å². The Balaban J connectivity index is 2.84. The summed E-state index contributed by atoms with van der Waals surface area (Å²) in [6, 6.07) is 10.5. The first-order chi connectivity index (χ1) is 4.84. The van der Waals surface area contributed by atoms with Crippen molar-refractivity contribution >= 4 is 35.7 Å². The van der Waals surface area contributed by atoms with Crippen molar-refractivity contribution in [2.75, 3.05) is 0 Å². The summed E-state index contributed by atoms with van der Waals surface area (Å²) in [7, 11) is 3.96. The van der Waals surface area contributed by atoms with Gasteiger partial charge in [0.1, 0.15) is 0 Å². The zero-order chi connectivity index (χ0) is 7.40. The lowest BCUT2D eigenvalue weighted by molar-refractivity contribution is 1.78. The fourth-order valence-electron chi connectivity index (χ4n) is 0.662. The van der Waals surface area contributed by atoms with Gasteiger partial charge in [0.05, 0.1) is 0 Å². The quantitative estimate of drug-likeness (QED) is 0.623. The molecule has 0 saturated heterocycles. The predicted molar refractivity (Wildman–Crippen MR) is 56.7 cm³/mol. The molecule has 0 aliphatic carbocycles. The van der Waals surface area contributed by atoms with Gasteiger partial charge < -0.3 is 0 Å². The van der Waals surface area contributed by atoms with E-state index in [1.807, 2.05) is 6.07 Å². The monoisotopic (exact) mass is 186 g/mol. The highest BCUT2D eigenvalue weighted by Gasteiger charge is 1.96. The maximum atomic E-state index is 3.84. The Kier molecular flexibility index (Phi) is 3.50. The summed E-state index contributed by atoms with van der Waals surface area (Å²) >= 11 is 0. The van der Waals surface area contributed by atoms with Gasteiger partial charge in [0.2, 0.25) is 0 Å². The van der Waals surface area contributed by atoms with Crippen LogP contribution in [0.1, 0.15) is 0 Å². The molecule has 1 aromatic rings. The fraction of sp³-hybridized carbons (Fsp3) is 0. The first-order valence-electron chi connectivity index (χ1n) is 2.91. The molecule has 0 saturated carbocycles. The summed E-state index contributed by atoms with van der Waals surface area (Å²) in [6.45, 7) is 0. The van der Waals surface area contributed by atoms with Crippen LogP contribution in [-0.4, -0.2) is 6.30 Å². The molecule has 1 rings (SSSR count). The van der Waals surface area contributed by atoms with Crippen molar-refractivity contribution in [2.45, 2.75) is 0 Å². The highest BCUT2D eigenvalue weighted by Crippen LogP contribution is 2.54. The van der Waals surface area contributed by atoms with Gasteiger partial charge in [-0.05, 0) is 12.6 Å². The third-order valence-corrected chi connectivity index (χ3v) is 6.28. The van der Waals surface area contributed by atoms with E-state index in [0.29, 0.717) is 0 Å². The molecule has 0 spiro atoms. The van der Waals surface area contributed by atoms with E-state index in [1.54, 1.807) is 0 Å². The van der Waals surface area contributed by atoms with Crippen molar-refractivity contribution in [1.82, 2.24) is 0 Å². The molecular formula is C7H9P3. The highest BCUT2D eigenvalue weighted by atomic mass is 32.4. The SMILES string of the molecule is C=PP(P)c1ccccc1. The van der Waals surface area contributed by atoms with E-state index >= 15 is 0 Å². The second kappa shape index (κ2) is 4.20. The van der Waals surface area contributed by atoms with Gasteiger partial charge >= 0.3 is 0 Å². The normalized spacial score (nSPS) is 13.3. The maximum absolute atomic E-state index is 3.84. The van der Waals surface area contributed by atoms with E-state index in [0.717, 1.165) is 0 Å². The molecule has 1 aromatic carbocycles. The van der Waals surface area contributed by atoms with Gasteiger partial charge in [0, 0.05) is 0 Å². The van der Waals surface area contributed by atoms with Gasteiger partial charge in [-0.1, -0.05) is 53.5 Å². The van der Waals surface area contributed by atoms with Crippen molar-refractivity contribution in [3.63, 3.8) is 0 Å². The van der Waals surface area contributed by atoms with Crippen LogP contribution in [0.3, 0.4) is 0 Å². The van der Waals surface area contributed by atoms with E-state index < -0.39 is 0 Å². The first kappa shape index (κ1) is 8.35. The minimum atomic E-state index is -0.0957. The average Bonchev–Trinajstić information content (AvgIpc) is 2.05. The standard InChI is InChI=1S/C7H9P3/c1-9-10(8)7-5-3-2-4-6-7/h2-6H,1,8H2. The second-order valence-electron chi connectivity index (χ2n) is 1.82. The van der Waals surface area contributed by atoms with Crippen molar-refractivity contribution in [3.05, 3.63) is 30.3 Å². The zero-order valence-corrected chi connectivity index (χ0v) is 8.51. The Morgan fingerprint density at radius 1 is 1.30 bits per heavy atom. The fourth-order valence-corrected chi connectivity index (χ4v) is 2.71. The number of hydrogen-bond donors (Lipinski definition) is 0. The van der Waals surface area contributed by atoms with Crippen LogP contribution in [0.15, 0.2) is 30.3 Å². The third kappa shape index (κ3) is 2.14. The Morgan fingerprint density at radius 3 is 2.40 bits per heavy atom. The maximum Gasteiger partial charge on any atom is -0.00414 e. The average molecular weight is 186 g/mol. The smallest absolute Gasteiger partial charge is 0.00414 e. The summed E-state index contributed by atoms with van der Waals surface area (Å²) in [5, 5.41) is 1.40. The van der Waals surface area contributed by atoms with E-state index in [9.17, 15) is 0 Å². The lowest BCUT2D eigenvalue weighted by atomic mass is 10.4. The van der Waals surface area contributed by atoms with Gasteiger partial charge in [-0.3, -0.25) is 0 Å². The van der Waals surface area contributed by atoms with Crippen LogP contribution in [0.4, 0.5) is 0 Å². The van der Waals surface area contributed by atoms with Gasteiger partial charge in [0.15, 0.2) is 0 Å². The van der Waals surface area contributed by atoms with Gasteiger partial charge in [0.25, 0.3) is 0 Å². The summed E-state index contributed by atoms with van der Waals surface area (Å²) in [4.78, 5) is 0. The molecule has 0 aromatic heterocycles. The van der Waals surface area contributed by atoms with E-state index in [1.165, 1.54) is 13.2 Å². The van der Waals surface area contributed by atoms with Crippen molar-refractivity contribution in [1.29, 1.82) is 0 Å². The van der Waals surface area contributed by atoms with Crippen LogP contribution in [0.2, 0.25) is 0 Å². The molecule has 0 fully saturated rings. The molecule has 0 aliphatic heterocycles. The molecule has 0 nitrogen and oxygen atoms in total. The lowest BCUT2D eigenvalue weighted by Gasteiger charge is -2.02. The van der Waals surface area contributed by atoms with E-state index in [4.69, 9.17) is 0 Å². The minimum absolute atomic E-state index is 0.0957. The Labute approximate surface area is 66.6 Å². The predicted octanol–water partition coefficient (Wildman–Crippen LogP) is 2.88. The number of benzene rings is 1. The summed E-state index contributed by atoms with van der Waals surface area (Å²) in [5.74, 6) is 0. The molecule has 0 bridgehead atoms. The van der Waals surface area contributed by atoms with Gasteiger partial charge in [-0.15, -0.1) is 0 Å². The van der Waals surface area contributed by atoms with Crippen molar-refractivity contribution in [3.8, 4) is 0 Å². The molecule has 0 N–H and O–H groups in total. The Morgan fingerprint density at radius 2 is 1.90 bits per heavy atom. The van der Waals surface area contributed by atoms with Crippen LogP contribution in [0, 0.1) is 0 Å². The molecule has 10 heavy (non-hydrogen) atoms. The molecule has 0 amide bonds. The van der Waals surface area contributed by atoms with Crippen LogP contribution in [-0.2, 0) is 0 Å². The van der Waals surface area contributed by atoms with Crippen LogP contribution < -0.4 is 5.30 Å². The van der Waals surface area contributed by atoms with Crippen molar-refractivity contribution in [2.24, 2.45) is 0 Å². The van der Waals surface area contributed by atoms with Crippen LogP contribution >= 0.6 is 24.1 Å². The summed E-state index contributed by atoms with van der Waals surface area (Å²) in [6.07, 6.45) is 3.84. The molecule has 0 radical (unpaired) electrons. The highest BCUT2D eigenvalue weighted by molar-refractivity contribution is 8.49. The van der Waals surface area contributed by atoms with Gasteiger partial charge in [-0.25, -0.2) is 0 Å². The molecular weight excluding hydrogens is 177 g/mol. The first-order valence-corrected chi connectivity index (χ1v) is 7.65. The second-order valence-corrected chi connectivity index (χ2v) is 8.30. The van der Waals surface area contributed by atoms with Crippen LogP contribution in [0.5, 0.6) is 0 Å². The largest absolute Gasteiger partial charge is 0.0977 e. The zero-order valence-electron chi connectivity index (χ0n) is 5.57. The van der Waals surface area contributed by atoms with E-state index in [-0.39, 0.29) is 7.30 Å². The number of hydrogen-bond acceptors (Lipinski definition) is 0. The third-order valence-electron chi connectivity index (χ3n) is 1.17. The number of rotatable bonds is 2. The Bertz CT molecular complexity index is 207. The molecule has 52 valence electrons. The topological polar surface area (TPSA) is 0 Å². The Hall–Kier alpha value is 0.250. The lowest BCUT2D eigenvalue weighted by Crippen LogP contribution is -1.89. The summed E-state index contributed by atoms with van der Waals surface area (Å²) < 4.78 is 0. The molecule has 3 heteroatoms. The molecule has 2 atom stereocenters. The van der Waals surface area contributed by atoms with E-state index in [2.05, 4.69) is 39.5 Å². The summed E-state index contributed by atoms with van der Waals surface area (Å²) in [5.41, 5.74) is 0. The van der Waals surface area contributed by atoms with Crippen molar-refractivity contribution < 1.29 is 0 Å². The van der Waals surface area contributed by atoms with Crippen LogP contribution in [0.25, 0.3) is 0 Å².